The van der Waals surface area contributed by atoms with Gasteiger partial charge in [-0.3, -0.25) is 14.3 Å². The predicted molar refractivity (Wildman–Crippen MR) is 162 cm³/mol. The van der Waals surface area contributed by atoms with Crippen LogP contribution in [0.5, 0.6) is 0 Å². The summed E-state index contributed by atoms with van der Waals surface area (Å²) in [6.45, 7) is 6.46. The molecule has 6 rings (SSSR count). The van der Waals surface area contributed by atoms with Crippen LogP contribution in [0.25, 0.3) is 22.0 Å². The van der Waals surface area contributed by atoms with E-state index in [-0.39, 0.29) is 17.6 Å². The van der Waals surface area contributed by atoms with Crippen molar-refractivity contribution in [2.24, 2.45) is 0 Å². The Hall–Kier alpha value is -4.25. The van der Waals surface area contributed by atoms with E-state index in [1.54, 1.807) is 43.3 Å². The van der Waals surface area contributed by atoms with Crippen LogP contribution in [0.3, 0.4) is 0 Å². The van der Waals surface area contributed by atoms with Crippen LogP contribution in [0.2, 0.25) is 0 Å². The highest BCUT2D eigenvalue weighted by Crippen LogP contribution is 2.32. The van der Waals surface area contributed by atoms with Gasteiger partial charge in [0, 0.05) is 77.1 Å². The second-order valence-corrected chi connectivity index (χ2v) is 10.9. The number of aromatic amines is 1. The number of rotatable bonds is 6. The summed E-state index contributed by atoms with van der Waals surface area (Å²) in [5.41, 5.74) is 3.85. The largest absolute Gasteiger partial charge is 0.369 e. The van der Waals surface area contributed by atoms with Crippen LogP contribution in [0.15, 0.2) is 54.9 Å². The Morgan fingerprint density at radius 3 is 2.38 bits per heavy atom. The number of aromatic nitrogens is 4. The zero-order chi connectivity index (χ0) is 29.5. The Kier molecular flexibility index (Phi) is 9.48. The molecular formula is C31H39FN8O2. The monoisotopic (exact) mass is 574 g/mol. The summed E-state index contributed by atoms with van der Waals surface area (Å²) >= 11 is 0. The van der Waals surface area contributed by atoms with Gasteiger partial charge in [-0.15, -0.1) is 5.10 Å². The average molecular weight is 575 g/mol. The zero-order valence-electron chi connectivity index (χ0n) is 24.4. The van der Waals surface area contributed by atoms with Crippen molar-refractivity contribution in [3.63, 3.8) is 0 Å². The molecule has 2 aromatic heterocycles. The van der Waals surface area contributed by atoms with Gasteiger partial charge in [0.25, 0.3) is 5.91 Å². The van der Waals surface area contributed by atoms with Gasteiger partial charge in [-0.1, -0.05) is 23.4 Å². The molecule has 0 aliphatic carbocycles. The van der Waals surface area contributed by atoms with E-state index in [4.69, 9.17) is 0 Å². The first-order valence-corrected chi connectivity index (χ1v) is 14.6. The molecule has 222 valence electrons. The third-order valence-corrected chi connectivity index (χ3v) is 7.78. The number of nitrogens with zero attached hydrogens (tertiary/aromatic N) is 6. The van der Waals surface area contributed by atoms with E-state index in [1.165, 1.54) is 23.1 Å². The molecule has 10 nitrogen and oxygen atoms in total. The quantitative estimate of drug-likeness (QED) is 0.364. The van der Waals surface area contributed by atoms with Gasteiger partial charge in [-0.25, -0.2) is 4.39 Å². The molecule has 0 radical (unpaired) electrons. The van der Waals surface area contributed by atoms with Gasteiger partial charge in [0.1, 0.15) is 11.5 Å². The van der Waals surface area contributed by atoms with E-state index in [9.17, 15) is 14.0 Å². The normalized spacial score (nSPS) is 15.3. The van der Waals surface area contributed by atoms with Gasteiger partial charge < -0.3 is 25.0 Å². The van der Waals surface area contributed by atoms with Crippen molar-refractivity contribution in [3.05, 3.63) is 66.4 Å². The van der Waals surface area contributed by atoms with Crippen LogP contribution < -0.4 is 10.2 Å². The molecule has 11 heteroatoms. The van der Waals surface area contributed by atoms with Gasteiger partial charge >= 0.3 is 0 Å². The van der Waals surface area contributed by atoms with Crippen molar-refractivity contribution < 1.29 is 14.0 Å². The molecule has 0 saturated carbocycles. The molecule has 2 fully saturated rings. The summed E-state index contributed by atoms with van der Waals surface area (Å²) in [5, 5.41) is 11.6. The Bertz CT molecular complexity index is 1470. The summed E-state index contributed by atoms with van der Waals surface area (Å²) in [5.74, 6) is -0.292. The molecule has 2 N–H and O–H groups in total. The van der Waals surface area contributed by atoms with Gasteiger partial charge in [0.15, 0.2) is 0 Å². The molecule has 0 spiro atoms. The minimum Gasteiger partial charge on any atom is -0.369 e. The number of aryl methyl sites for hydroxylation is 1. The van der Waals surface area contributed by atoms with Gasteiger partial charge in [-0.05, 0) is 54.7 Å². The number of benzene rings is 2. The highest BCUT2D eigenvalue weighted by atomic mass is 19.1. The lowest BCUT2D eigenvalue weighted by Crippen LogP contribution is -2.43. The highest BCUT2D eigenvalue weighted by Gasteiger charge is 2.18. The topological polar surface area (TPSA) is 102 Å². The minimum atomic E-state index is -0.357. The number of halogens is 1. The Morgan fingerprint density at radius 2 is 1.71 bits per heavy atom. The van der Waals surface area contributed by atoms with E-state index in [1.807, 2.05) is 4.90 Å². The second kappa shape index (κ2) is 13.6. The van der Waals surface area contributed by atoms with Gasteiger partial charge in [0.2, 0.25) is 5.91 Å². The number of anilines is 1. The molecule has 4 heterocycles. The van der Waals surface area contributed by atoms with Crippen LogP contribution in [0.4, 0.5) is 10.1 Å². The van der Waals surface area contributed by atoms with Gasteiger partial charge in [0.05, 0.1) is 18.3 Å². The molecule has 0 atom stereocenters. The van der Waals surface area contributed by atoms with Crippen molar-refractivity contribution in [2.75, 3.05) is 58.3 Å². The van der Waals surface area contributed by atoms with Crippen LogP contribution in [0, 0.1) is 5.82 Å². The van der Waals surface area contributed by atoms with Crippen molar-refractivity contribution in [1.82, 2.24) is 35.1 Å². The van der Waals surface area contributed by atoms with Crippen LogP contribution in [-0.4, -0.2) is 95.0 Å². The van der Waals surface area contributed by atoms with Crippen molar-refractivity contribution in [3.8, 4) is 11.1 Å². The van der Waals surface area contributed by atoms with E-state index in [0.717, 1.165) is 68.6 Å². The fraction of sp³-hybridized carbons (Fsp3) is 0.419. The van der Waals surface area contributed by atoms with Crippen molar-refractivity contribution >= 4 is 28.4 Å². The third kappa shape index (κ3) is 6.96. The minimum absolute atomic E-state index is 0.175. The van der Waals surface area contributed by atoms with Crippen LogP contribution in [-0.2, 0) is 11.3 Å². The fourth-order valence-corrected chi connectivity index (χ4v) is 5.43. The number of fused-ring (bicyclic) bond motifs is 1. The SMILES string of the molecule is CN(C)C(=O)c1cc2c(-c3ccc(N4CCNCC4)cc3)ccc(F)c2[nH]1.O=C(CCn1ccnn1)N1CCCCC1. The van der Waals surface area contributed by atoms with Crippen LogP contribution >= 0.6 is 0 Å². The first kappa shape index (κ1) is 29.2. The number of carbonyl (C=O) groups excluding carboxylic acids is 2. The molecule has 0 bridgehead atoms. The van der Waals surface area contributed by atoms with E-state index >= 15 is 0 Å². The lowest BCUT2D eigenvalue weighted by atomic mass is 10.0. The molecule has 42 heavy (non-hydrogen) atoms. The summed E-state index contributed by atoms with van der Waals surface area (Å²) in [6, 6.07) is 13.3. The van der Waals surface area contributed by atoms with Gasteiger partial charge in [-0.2, -0.15) is 0 Å². The summed E-state index contributed by atoms with van der Waals surface area (Å²) in [6.07, 6.45) is 7.50. The molecule has 2 aromatic carbocycles. The molecule has 2 saturated heterocycles. The Balaban J connectivity index is 0.000000199. The smallest absolute Gasteiger partial charge is 0.269 e. The number of H-pyrrole nitrogens is 1. The number of hydrogen-bond donors (Lipinski definition) is 2. The molecule has 0 unspecified atom stereocenters. The highest BCUT2D eigenvalue weighted by molar-refractivity contribution is 6.03. The standard InChI is InChI=1S/C21H23FN4O.C10H16N4O/c1-25(2)21(27)19-13-17-16(7-8-18(22)20(17)24-19)14-3-5-15(6-4-14)26-11-9-23-10-12-26;15-10(13-6-2-1-3-7-13)4-8-14-9-5-11-12-14/h3-8,13,23-24H,9-12H2,1-2H3;5,9H,1-4,6-8H2. The van der Waals surface area contributed by atoms with Crippen molar-refractivity contribution in [2.45, 2.75) is 32.2 Å². The second-order valence-electron chi connectivity index (χ2n) is 10.9. The predicted octanol–water partition coefficient (Wildman–Crippen LogP) is 3.77. The number of piperidine rings is 1. The molecule has 2 aliphatic rings. The number of nitrogens with one attached hydrogen (secondary N) is 2. The third-order valence-electron chi connectivity index (χ3n) is 7.78. The molecule has 2 amide bonds. The summed E-state index contributed by atoms with van der Waals surface area (Å²) < 4.78 is 16.0. The molecule has 2 aliphatic heterocycles. The lowest BCUT2D eigenvalue weighted by molar-refractivity contribution is -0.132. The summed E-state index contributed by atoms with van der Waals surface area (Å²) in [7, 11) is 3.36. The number of piperazine rings is 1. The number of amides is 2. The van der Waals surface area contributed by atoms with E-state index in [0.29, 0.717) is 24.2 Å². The van der Waals surface area contributed by atoms with Crippen molar-refractivity contribution in [1.29, 1.82) is 0 Å². The number of likely N-dealkylation sites (tertiary alicyclic amines) is 1. The number of hydrogen-bond acceptors (Lipinski definition) is 6. The molecular weight excluding hydrogens is 535 g/mol. The Labute approximate surface area is 245 Å². The fourth-order valence-electron chi connectivity index (χ4n) is 5.43. The maximum atomic E-state index is 14.3. The lowest BCUT2D eigenvalue weighted by Gasteiger charge is -2.29. The number of carbonyl (C=O) groups is 2. The van der Waals surface area contributed by atoms with Crippen LogP contribution in [0.1, 0.15) is 36.2 Å². The average Bonchev–Trinajstić information content (AvgIpc) is 3.72. The molecule has 4 aromatic rings. The first-order chi connectivity index (χ1) is 20.4. The Morgan fingerprint density at radius 1 is 0.976 bits per heavy atom. The maximum absolute atomic E-state index is 14.3. The zero-order valence-corrected chi connectivity index (χ0v) is 24.4. The van der Waals surface area contributed by atoms with E-state index < -0.39 is 0 Å². The maximum Gasteiger partial charge on any atom is 0.269 e. The van der Waals surface area contributed by atoms with E-state index in [2.05, 4.69) is 49.8 Å². The summed E-state index contributed by atoms with van der Waals surface area (Å²) in [4.78, 5) is 32.7. The first-order valence-electron chi connectivity index (χ1n) is 14.6.